The summed E-state index contributed by atoms with van der Waals surface area (Å²) in [5.41, 5.74) is 4.49. The molecule has 0 saturated carbocycles. The summed E-state index contributed by atoms with van der Waals surface area (Å²) in [6.45, 7) is 6.00. The average Bonchev–Trinajstić information content (AvgIpc) is 2.92. The summed E-state index contributed by atoms with van der Waals surface area (Å²) >= 11 is 0. The van der Waals surface area contributed by atoms with E-state index in [4.69, 9.17) is 4.52 Å². The molecule has 27 heavy (non-hydrogen) atoms. The van der Waals surface area contributed by atoms with Gasteiger partial charge in [0.1, 0.15) is 11.3 Å². The van der Waals surface area contributed by atoms with Gasteiger partial charge in [0.15, 0.2) is 0 Å². The van der Waals surface area contributed by atoms with Crippen LogP contribution in [0.25, 0.3) is 0 Å². The van der Waals surface area contributed by atoms with E-state index in [1.807, 2.05) is 36.1 Å². The van der Waals surface area contributed by atoms with E-state index in [0.717, 1.165) is 30.9 Å². The van der Waals surface area contributed by atoms with Gasteiger partial charge >= 0.3 is 0 Å². The third-order valence-electron chi connectivity index (χ3n) is 5.03. The highest BCUT2D eigenvalue weighted by molar-refractivity contribution is 6.09. The molecule has 1 amide bonds. The zero-order chi connectivity index (χ0) is 18.8. The molecule has 0 spiro atoms. The largest absolute Gasteiger partial charge is 0.365 e. The van der Waals surface area contributed by atoms with Crippen molar-refractivity contribution in [3.8, 4) is 0 Å². The molecule has 0 radical (unpaired) electrons. The molecule has 0 atom stereocenters. The topological polar surface area (TPSA) is 49.6 Å². The lowest BCUT2D eigenvalue weighted by atomic mass is 10.1. The van der Waals surface area contributed by atoms with Crippen LogP contribution in [0.15, 0.2) is 59.1 Å². The Hall–Kier alpha value is -3.08. The predicted octanol–water partition coefficient (Wildman–Crippen LogP) is 4.35. The van der Waals surface area contributed by atoms with Gasteiger partial charge in [-0.2, -0.15) is 0 Å². The number of hydrogen-bond donors (Lipinski definition) is 0. The molecule has 0 unspecified atom stereocenters. The molecule has 1 aliphatic rings. The molecule has 1 aliphatic heterocycles. The predicted molar refractivity (Wildman–Crippen MR) is 106 cm³/mol. The maximum absolute atomic E-state index is 13.3. The van der Waals surface area contributed by atoms with Gasteiger partial charge in [-0.25, -0.2) is 0 Å². The number of para-hydroxylation sites is 2. The number of anilines is 2. The van der Waals surface area contributed by atoms with Crippen molar-refractivity contribution in [3.63, 3.8) is 0 Å². The summed E-state index contributed by atoms with van der Waals surface area (Å²) in [4.78, 5) is 17.5. The molecule has 0 saturated heterocycles. The summed E-state index contributed by atoms with van der Waals surface area (Å²) < 4.78 is 5.22. The van der Waals surface area contributed by atoms with Gasteiger partial charge in [0.25, 0.3) is 5.91 Å². The SMILES string of the molecule is Cc1noc(C)c1C(=O)N1CCCN(Cc2ccccc2)c2ccccc21. The number of carbonyl (C=O) groups excluding carboxylic acids is 1. The molecular weight excluding hydrogens is 338 g/mol. The van der Waals surface area contributed by atoms with Crippen LogP contribution < -0.4 is 9.80 Å². The van der Waals surface area contributed by atoms with E-state index in [1.54, 1.807) is 6.92 Å². The third-order valence-corrected chi connectivity index (χ3v) is 5.03. The summed E-state index contributed by atoms with van der Waals surface area (Å²) in [5, 5.41) is 3.95. The van der Waals surface area contributed by atoms with E-state index in [-0.39, 0.29) is 5.91 Å². The Kier molecular flexibility index (Phi) is 4.67. The Morgan fingerprint density at radius 2 is 1.70 bits per heavy atom. The lowest BCUT2D eigenvalue weighted by Crippen LogP contribution is -2.32. The highest BCUT2D eigenvalue weighted by atomic mass is 16.5. The lowest BCUT2D eigenvalue weighted by molar-refractivity contribution is 0.0985. The minimum atomic E-state index is -0.0414. The van der Waals surface area contributed by atoms with E-state index in [9.17, 15) is 4.79 Å². The Morgan fingerprint density at radius 3 is 2.41 bits per heavy atom. The maximum atomic E-state index is 13.3. The molecule has 0 aliphatic carbocycles. The van der Waals surface area contributed by atoms with Crippen LogP contribution in [0.2, 0.25) is 0 Å². The standard InChI is InChI=1S/C22H23N3O2/c1-16-21(17(2)27-23-16)22(26)25-14-8-13-24(15-18-9-4-3-5-10-18)19-11-6-7-12-20(19)25/h3-7,9-12H,8,13-15H2,1-2H3. The van der Waals surface area contributed by atoms with Crippen LogP contribution in [0.1, 0.15) is 33.8 Å². The average molecular weight is 361 g/mol. The normalized spacial score (nSPS) is 14.0. The number of benzene rings is 2. The fourth-order valence-electron chi connectivity index (χ4n) is 3.72. The first-order valence-electron chi connectivity index (χ1n) is 9.28. The quantitative estimate of drug-likeness (QED) is 0.696. The van der Waals surface area contributed by atoms with E-state index < -0.39 is 0 Å². The van der Waals surface area contributed by atoms with Crippen molar-refractivity contribution in [1.29, 1.82) is 0 Å². The minimum Gasteiger partial charge on any atom is -0.365 e. The van der Waals surface area contributed by atoms with Crippen molar-refractivity contribution in [2.75, 3.05) is 22.9 Å². The lowest BCUT2D eigenvalue weighted by Gasteiger charge is -2.27. The van der Waals surface area contributed by atoms with Gasteiger partial charge in [0.2, 0.25) is 0 Å². The van der Waals surface area contributed by atoms with E-state index >= 15 is 0 Å². The molecule has 5 nitrogen and oxygen atoms in total. The van der Waals surface area contributed by atoms with E-state index in [0.29, 0.717) is 23.6 Å². The molecule has 4 rings (SSSR count). The van der Waals surface area contributed by atoms with Crippen molar-refractivity contribution < 1.29 is 9.32 Å². The Bertz CT molecular complexity index is 930. The highest BCUT2D eigenvalue weighted by Crippen LogP contribution is 2.34. The van der Waals surface area contributed by atoms with Crippen LogP contribution >= 0.6 is 0 Å². The van der Waals surface area contributed by atoms with Crippen molar-refractivity contribution in [3.05, 3.63) is 77.2 Å². The highest BCUT2D eigenvalue weighted by Gasteiger charge is 2.29. The zero-order valence-electron chi connectivity index (χ0n) is 15.7. The second kappa shape index (κ2) is 7.27. The first-order chi connectivity index (χ1) is 13.1. The van der Waals surface area contributed by atoms with Gasteiger partial charge in [0.05, 0.1) is 17.1 Å². The molecule has 0 fully saturated rings. The summed E-state index contributed by atoms with van der Waals surface area (Å²) in [6, 6.07) is 18.6. The number of carbonyl (C=O) groups is 1. The van der Waals surface area contributed by atoms with Gasteiger partial charge in [-0.05, 0) is 38.0 Å². The molecule has 0 N–H and O–H groups in total. The molecule has 3 aromatic rings. The van der Waals surface area contributed by atoms with Crippen LogP contribution in [0.5, 0.6) is 0 Å². The fourth-order valence-corrected chi connectivity index (χ4v) is 3.72. The van der Waals surface area contributed by atoms with Crippen molar-refractivity contribution in [2.45, 2.75) is 26.8 Å². The molecule has 2 aromatic carbocycles. The first kappa shape index (κ1) is 17.3. The van der Waals surface area contributed by atoms with Crippen molar-refractivity contribution >= 4 is 17.3 Å². The minimum absolute atomic E-state index is 0.0414. The van der Waals surface area contributed by atoms with E-state index in [2.05, 4.69) is 40.4 Å². The van der Waals surface area contributed by atoms with Gasteiger partial charge < -0.3 is 14.3 Å². The number of hydrogen-bond acceptors (Lipinski definition) is 4. The van der Waals surface area contributed by atoms with Gasteiger partial charge in [-0.3, -0.25) is 4.79 Å². The molecule has 138 valence electrons. The molecule has 1 aromatic heterocycles. The molecular formula is C22H23N3O2. The van der Waals surface area contributed by atoms with Crippen LogP contribution in [0.3, 0.4) is 0 Å². The number of nitrogens with zero attached hydrogens (tertiary/aromatic N) is 3. The third kappa shape index (κ3) is 3.33. The smallest absolute Gasteiger partial charge is 0.263 e. The number of aromatic nitrogens is 1. The van der Waals surface area contributed by atoms with Gasteiger partial charge in [-0.1, -0.05) is 47.6 Å². The monoisotopic (exact) mass is 361 g/mol. The summed E-state index contributed by atoms with van der Waals surface area (Å²) in [5.74, 6) is 0.528. The summed E-state index contributed by atoms with van der Waals surface area (Å²) in [7, 11) is 0. The Balaban J connectivity index is 1.70. The maximum Gasteiger partial charge on any atom is 0.263 e. The van der Waals surface area contributed by atoms with Crippen LogP contribution in [0, 0.1) is 13.8 Å². The van der Waals surface area contributed by atoms with Crippen molar-refractivity contribution in [2.24, 2.45) is 0 Å². The zero-order valence-corrected chi connectivity index (χ0v) is 15.7. The van der Waals surface area contributed by atoms with Gasteiger partial charge in [-0.15, -0.1) is 0 Å². The van der Waals surface area contributed by atoms with Crippen LogP contribution in [-0.2, 0) is 6.54 Å². The van der Waals surface area contributed by atoms with E-state index in [1.165, 1.54) is 5.56 Å². The van der Waals surface area contributed by atoms with Crippen LogP contribution in [0.4, 0.5) is 11.4 Å². The van der Waals surface area contributed by atoms with Crippen molar-refractivity contribution in [1.82, 2.24) is 5.16 Å². The van der Waals surface area contributed by atoms with Crippen LogP contribution in [-0.4, -0.2) is 24.2 Å². The fraction of sp³-hybridized carbons (Fsp3) is 0.273. The molecule has 5 heteroatoms. The number of fused-ring (bicyclic) bond motifs is 1. The Labute approximate surface area is 159 Å². The first-order valence-corrected chi connectivity index (χ1v) is 9.28. The Morgan fingerprint density at radius 1 is 1.00 bits per heavy atom. The van der Waals surface area contributed by atoms with Gasteiger partial charge in [0, 0.05) is 19.6 Å². The molecule has 0 bridgehead atoms. The molecule has 2 heterocycles. The summed E-state index contributed by atoms with van der Waals surface area (Å²) in [6.07, 6.45) is 0.899. The second-order valence-corrected chi connectivity index (χ2v) is 6.91. The number of amides is 1. The number of aryl methyl sites for hydroxylation is 2. The second-order valence-electron chi connectivity index (χ2n) is 6.91. The number of rotatable bonds is 3.